The third-order valence-electron chi connectivity index (χ3n) is 3.22. The molecule has 8 heteroatoms. The van der Waals surface area contributed by atoms with E-state index in [9.17, 15) is 13.2 Å². The second-order valence-corrected chi connectivity index (χ2v) is 7.23. The molecule has 0 bridgehead atoms. The summed E-state index contributed by atoms with van der Waals surface area (Å²) in [6, 6.07) is 1.59. The Morgan fingerprint density at radius 2 is 1.95 bits per heavy atom. The van der Waals surface area contributed by atoms with Gasteiger partial charge in [0, 0.05) is 11.6 Å². The molecule has 2 N–H and O–H groups in total. The van der Waals surface area contributed by atoms with E-state index >= 15 is 0 Å². The van der Waals surface area contributed by atoms with Gasteiger partial charge in [-0.25, -0.2) is 13.1 Å². The van der Waals surface area contributed by atoms with E-state index in [2.05, 4.69) is 4.72 Å². The van der Waals surface area contributed by atoms with Crippen LogP contribution in [0, 0.1) is 19.8 Å². The van der Waals surface area contributed by atoms with Crippen LogP contribution in [0.1, 0.15) is 24.5 Å². The molecule has 0 aromatic heterocycles. The lowest BCUT2D eigenvalue weighted by Crippen LogP contribution is -2.33. The van der Waals surface area contributed by atoms with Crippen molar-refractivity contribution < 1.29 is 18.3 Å². The molecule has 0 amide bonds. The number of carboxylic acid groups (broad SMARTS) is 1. The molecule has 0 radical (unpaired) electrons. The lowest BCUT2D eigenvalue weighted by Gasteiger charge is -2.16. The summed E-state index contributed by atoms with van der Waals surface area (Å²) in [6.45, 7) is 4.68. The summed E-state index contributed by atoms with van der Waals surface area (Å²) in [4.78, 5) is 10.8. The van der Waals surface area contributed by atoms with Crippen LogP contribution in [-0.4, -0.2) is 26.0 Å². The van der Waals surface area contributed by atoms with Crippen LogP contribution in [0.2, 0.25) is 10.0 Å². The van der Waals surface area contributed by atoms with E-state index in [4.69, 9.17) is 28.3 Å². The second-order valence-electron chi connectivity index (χ2n) is 4.74. The standard InChI is InChI=1S/C13H17Cl2NO4S/c1-4-9(13(17)18)6-16-21(19,20)12-8(3)10(14)5-7(2)11(12)15/h5,9,16H,4,6H2,1-3H3,(H,17,18). The minimum absolute atomic E-state index is 0.0905. The Kier molecular flexibility index (Phi) is 6.04. The van der Waals surface area contributed by atoms with Crippen molar-refractivity contribution >= 4 is 39.2 Å². The number of hydrogen-bond acceptors (Lipinski definition) is 3. The number of carbonyl (C=O) groups is 1. The Morgan fingerprint density at radius 1 is 1.38 bits per heavy atom. The number of sulfonamides is 1. The zero-order valence-electron chi connectivity index (χ0n) is 11.9. The predicted molar refractivity (Wildman–Crippen MR) is 82.5 cm³/mol. The van der Waals surface area contributed by atoms with Gasteiger partial charge in [-0.05, 0) is 37.5 Å². The Bertz CT molecular complexity index is 632. The summed E-state index contributed by atoms with van der Waals surface area (Å²) in [5, 5.41) is 9.34. The first-order valence-corrected chi connectivity index (χ1v) is 8.53. The SMILES string of the molecule is CCC(CNS(=O)(=O)c1c(C)c(Cl)cc(C)c1Cl)C(=O)O. The molecule has 0 aliphatic carbocycles. The molecule has 0 saturated heterocycles. The minimum Gasteiger partial charge on any atom is -0.481 e. The number of carboxylic acids is 1. The van der Waals surface area contributed by atoms with Gasteiger partial charge in [0.1, 0.15) is 4.90 Å². The molecule has 0 aliphatic rings. The lowest BCUT2D eigenvalue weighted by molar-refractivity contribution is -0.141. The van der Waals surface area contributed by atoms with Gasteiger partial charge in [-0.1, -0.05) is 30.1 Å². The summed E-state index contributed by atoms with van der Waals surface area (Å²) < 4.78 is 27.0. The van der Waals surface area contributed by atoms with Gasteiger partial charge in [0.05, 0.1) is 10.9 Å². The van der Waals surface area contributed by atoms with Gasteiger partial charge >= 0.3 is 5.97 Å². The molecule has 1 aromatic rings. The average Bonchev–Trinajstić information content (AvgIpc) is 2.36. The first kappa shape index (κ1) is 18.2. The van der Waals surface area contributed by atoms with E-state index in [0.29, 0.717) is 22.6 Å². The van der Waals surface area contributed by atoms with Gasteiger partial charge in [-0.3, -0.25) is 4.79 Å². The molecule has 0 fully saturated rings. The maximum Gasteiger partial charge on any atom is 0.307 e. The fraction of sp³-hybridized carbons (Fsp3) is 0.462. The second kappa shape index (κ2) is 6.96. The van der Waals surface area contributed by atoms with Crippen molar-refractivity contribution in [2.75, 3.05) is 6.54 Å². The van der Waals surface area contributed by atoms with Crippen LogP contribution in [0.25, 0.3) is 0 Å². The maximum absolute atomic E-state index is 12.4. The molecular weight excluding hydrogens is 337 g/mol. The summed E-state index contributed by atoms with van der Waals surface area (Å²) in [5.74, 6) is -1.84. The van der Waals surface area contributed by atoms with Crippen molar-refractivity contribution in [3.8, 4) is 0 Å². The minimum atomic E-state index is -3.94. The van der Waals surface area contributed by atoms with Gasteiger partial charge < -0.3 is 5.11 Å². The van der Waals surface area contributed by atoms with Crippen LogP contribution in [0.5, 0.6) is 0 Å². The molecular formula is C13H17Cl2NO4S. The largest absolute Gasteiger partial charge is 0.481 e. The molecule has 0 saturated carbocycles. The first-order chi connectivity index (χ1) is 9.61. The Labute approximate surface area is 134 Å². The van der Waals surface area contributed by atoms with E-state index in [1.54, 1.807) is 26.8 Å². The molecule has 21 heavy (non-hydrogen) atoms. The zero-order chi connectivity index (χ0) is 16.4. The number of aliphatic carboxylic acids is 1. The monoisotopic (exact) mass is 353 g/mol. The van der Waals surface area contributed by atoms with Gasteiger partial charge in [-0.2, -0.15) is 0 Å². The third-order valence-corrected chi connectivity index (χ3v) is 5.80. The predicted octanol–water partition coefficient (Wildman–Crippen LogP) is 3.00. The molecule has 5 nitrogen and oxygen atoms in total. The smallest absolute Gasteiger partial charge is 0.307 e. The quantitative estimate of drug-likeness (QED) is 0.823. The summed E-state index contributed by atoms with van der Waals surface area (Å²) in [7, 11) is -3.94. The molecule has 0 heterocycles. The van der Waals surface area contributed by atoms with Crippen molar-refractivity contribution in [1.29, 1.82) is 0 Å². The number of halogens is 2. The number of nitrogens with one attached hydrogen (secondary N) is 1. The van der Waals surface area contributed by atoms with Crippen LogP contribution >= 0.6 is 23.2 Å². The summed E-state index contributed by atoms with van der Waals surface area (Å²) in [5.41, 5.74) is 0.876. The molecule has 1 atom stereocenters. The van der Waals surface area contributed by atoms with E-state index in [1.807, 2.05) is 0 Å². The summed E-state index contributed by atoms with van der Waals surface area (Å²) in [6.07, 6.45) is 0.319. The van der Waals surface area contributed by atoms with Crippen LogP contribution in [0.15, 0.2) is 11.0 Å². The number of benzene rings is 1. The molecule has 0 spiro atoms. The fourth-order valence-corrected chi connectivity index (χ4v) is 4.11. The van der Waals surface area contributed by atoms with Gasteiger partial charge in [0.25, 0.3) is 0 Å². The first-order valence-electron chi connectivity index (χ1n) is 6.29. The number of hydrogen-bond donors (Lipinski definition) is 2. The fourth-order valence-electron chi connectivity index (χ4n) is 1.82. The molecule has 1 unspecified atom stereocenters. The van der Waals surface area contributed by atoms with E-state index in [1.165, 1.54) is 0 Å². The van der Waals surface area contributed by atoms with Gasteiger partial charge in [0.2, 0.25) is 10.0 Å². The Hall–Kier alpha value is -0.820. The van der Waals surface area contributed by atoms with Crippen LogP contribution in [0.4, 0.5) is 0 Å². The molecule has 1 rings (SSSR count). The Morgan fingerprint density at radius 3 is 2.43 bits per heavy atom. The van der Waals surface area contributed by atoms with Gasteiger partial charge in [0.15, 0.2) is 0 Å². The van der Waals surface area contributed by atoms with Crippen molar-refractivity contribution in [2.45, 2.75) is 32.1 Å². The normalized spacial score (nSPS) is 13.2. The molecule has 1 aromatic carbocycles. The topological polar surface area (TPSA) is 83.5 Å². The number of rotatable bonds is 6. The van der Waals surface area contributed by atoms with E-state index in [-0.39, 0.29) is 16.5 Å². The number of aryl methyl sites for hydroxylation is 1. The highest BCUT2D eigenvalue weighted by molar-refractivity contribution is 7.89. The third kappa shape index (κ3) is 4.10. The highest BCUT2D eigenvalue weighted by Crippen LogP contribution is 2.33. The van der Waals surface area contributed by atoms with Crippen LogP contribution < -0.4 is 4.72 Å². The highest BCUT2D eigenvalue weighted by atomic mass is 35.5. The van der Waals surface area contributed by atoms with Gasteiger partial charge in [-0.15, -0.1) is 0 Å². The van der Waals surface area contributed by atoms with E-state index < -0.39 is 21.9 Å². The molecule has 0 aliphatic heterocycles. The van der Waals surface area contributed by atoms with Crippen LogP contribution in [-0.2, 0) is 14.8 Å². The zero-order valence-corrected chi connectivity index (χ0v) is 14.2. The van der Waals surface area contributed by atoms with Crippen molar-refractivity contribution in [1.82, 2.24) is 4.72 Å². The Balaban J connectivity index is 3.18. The van der Waals surface area contributed by atoms with Crippen molar-refractivity contribution in [3.63, 3.8) is 0 Å². The van der Waals surface area contributed by atoms with Crippen LogP contribution in [0.3, 0.4) is 0 Å². The average molecular weight is 354 g/mol. The van der Waals surface area contributed by atoms with Crippen molar-refractivity contribution in [3.05, 3.63) is 27.2 Å². The lowest BCUT2D eigenvalue weighted by atomic mass is 10.1. The van der Waals surface area contributed by atoms with Crippen molar-refractivity contribution in [2.24, 2.45) is 5.92 Å². The summed E-state index contributed by atoms with van der Waals surface area (Å²) >= 11 is 12.1. The maximum atomic E-state index is 12.4. The van der Waals surface area contributed by atoms with E-state index in [0.717, 1.165) is 0 Å². The highest BCUT2D eigenvalue weighted by Gasteiger charge is 2.25. The molecule has 118 valence electrons.